The van der Waals surface area contributed by atoms with E-state index in [0.717, 1.165) is 6.66 Å². The van der Waals surface area contributed by atoms with Gasteiger partial charge in [0.2, 0.25) is 11.8 Å². The summed E-state index contributed by atoms with van der Waals surface area (Å²) in [4.78, 5) is 44.7. The Morgan fingerprint density at radius 1 is 1.09 bits per heavy atom. The Balaban J connectivity index is -0.00000200. The summed E-state index contributed by atoms with van der Waals surface area (Å²) in [5, 5.41) is 14.9. The molecule has 0 aromatic carbocycles. The molecule has 0 fully saturated rings. The molecular formula is C11H20N3Na2O6P. The number of carboxylic acids is 1. The molecule has 23 heavy (non-hydrogen) atoms. The van der Waals surface area contributed by atoms with Crippen LogP contribution in [0.15, 0.2) is 0 Å². The van der Waals surface area contributed by atoms with Gasteiger partial charge in [0.25, 0.3) is 0 Å². The van der Waals surface area contributed by atoms with E-state index >= 15 is 0 Å². The Labute approximate surface area is 179 Å². The number of rotatable bonds is 8. The summed E-state index contributed by atoms with van der Waals surface area (Å²) in [7, 11) is -3.50. The average molecular weight is 367 g/mol. The number of nitrogens with two attached hydrogens (primary N) is 1. The molecule has 0 heterocycles. The van der Waals surface area contributed by atoms with Crippen molar-refractivity contribution in [3.63, 3.8) is 0 Å². The maximum Gasteiger partial charge on any atom is 1.00 e. The summed E-state index contributed by atoms with van der Waals surface area (Å²) in [5.41, 5.74) is 5.51. The average Bonchev–Trinajstić information content (AvgIpc) is 2.34. The van der Waals surface area contributed by atoms with Crippen molar-refractivity contribution in [3.05, 3.63) is 0 Å². The number of aliphatic carboxylic acids is 1. The van der Waals surface area contributed by atoms with Gasteiger partial charge in [0.15, 0.2) is 0 Å². The zero-order valence-corrected chi connectivity index (χ0v) is 19.0. The molecule has 122 valence electrons. The van der Waals surface area contributed by atoms with E-state index in [1.165, 1.54) is 13.8 Å². The van der Waals surface area contributed by atoms with Gasteiger partial charge >= 0.3 is 59.1 Å². The Bertz CT molecular complexity index is 459. The third-order valence-electron chi connectivity index (χ3n) is 2.65. The molecule has 0 aromatic heterocycles. The molecule has 4 N–H and O–H groups in total. The first kappa shape index (κ1) is 28.4. The van der Waals surface area contributed by atoms with Gasteiger partial charge in [0.05, 0.1) is 18.1 Å². The summed E-state index contributed by atoms with van der Waals surface area (Å²) < 4.78 is 11.0. The molecule has 0 saturated carbocycles. The first-order valence-electron chi connectivity index (χ1n) is 6.28. The van der Waals surface area contributed by atoms with Crippen LogP contribution in [0.5, 0.6) is 0 Å². The van der Waals surface area contributed by atoms with Gasteiger partial charge in [-0.25, -0.2) is 0 Å². The van der Waals surface area contributed by atoms with Crippen molar-refractivity contribution in [1.82, 2.24) is 10.6 Å². The van der Waals surface area contributed by atoms with Crippen molar-refractivity contribution in [3.8, 4) is 0 Å². The second-order valence-electron chi connectivity index (χ2n) is 4.91. The van der Waals surface area contributed by atoms with Crippen molar-refractivity contribution in [2.75, 3.05) is 12.8 Å². The molecule has 0 bridgehead atoms. The summed E-state index contributed by atoms with van der Waals surface area (Å²) in [6, 6.07) is -3.27. The fourth-order valence-corrected chi connectivity index (χ4v) is 2.04. The largest absolute Gasteiger partial charge is 1.00 e. The van der Waals surface area contributed by atoms with E-state index in [9.17, 15) is 28.9 Å². The van der Waals surface area contributed by atoms with Gasteiger partial charge in [0.1, 0.15) is 6.04 Å². The summed E-state index contributed by atoms with van der Waals surface area (Å²) in [6.45, 7) is 3.62. The molecule has 0 rings (SSSR count). The molecule has 9 nitrogen and oxygen atoms in total. The third kappa shape index (κ3) is 13.5. The quantitative estimate of drug-likeness (QED) is 0.283. The topological polar surface area (TPSA) is 164 Å². The molecule has 4 atom stereocenters. The number of carbonyl (C=O) groups excluding carboxylic acids is 3. The van der Waals surface area contributed by atoms with Crippen molar-refractivity contribution in [2.45, 2.75) is 38.4 Å². The Morgan fingerprint density at radius 3 is 1.91 bits per heavy atom. The van der Waals surface area contributed by atoms with Crippen LogP contribution in [0.3, 0.4) is 0 Å². The van der Waals surface area contributed by atoms with Crippen LogP contribution in [0.25, 0.3) is 0 Å². The van der Waals surface area contributed by atoms with Gasteiger partial charge in [-0.3, -0.25) is 9.59 Å². The zero-order chi connectivity index (χ0) is 16.8. The summed E-state index contributed by atoms with van der Waals surface area (Å²) in [6.07, 6.45) is -0.281. The van der Waals surface area contributed by atoms with Crippen molar-refractivity contribution >= 4 is 25.2 Å². The number of hydrogen-bond acceptors (Lipinski definition) is 7. The van der Waals surface area contributed by atoms with Crippen LogP contribution < -0.4 is 85.5 Å². The predicted molar refractivity (Wildman–Crippen MR) is 71.2 cm³/mol. The molecule has 0 aliphatic carbocycles. The first-order valence-corrected chi connectivity index (χ1v) is 8.54. The molecular weight excluding hydrogens is 347 g/mol. The van der Waals surface area contributed by atoms with Crippen molar-refractivity contribution in [1.29, 1.82) is 0 Å². The standard InChI is InChI=1S/C11H22N3O6P.2Na/c1-6(9(15)14-7(2)11(17)18)13-10(16)8(12)4-5-21(3,19)20;;/h6-8H,4-5,12H2,1-3H3,(H,13,16)(H,14,15)(H,17,18)(H,19,20);;/q;2*+1/p-2/t6-,7-,8?;;/m0../s1. The van der Waals surface area contributed by atoms with E-state index < -0.39 is 43.3 Å². The number of nitrogens with one attached hydrogen (secondary N) is 2. The van der Waals surface area contributed by atoms with Gasteiger partial charge in [-0.1, -0.05) is 0 Å². The van der Waals surface area contributed by atoms with Crippen LogP contribution >= 0.6 is 7.37 Å². The van der Waals surface area contributed by atoms with E-state index in [2.05, 4.69) is 10.6 Å². The second kappa shape index (κ2) is 12.9. The van der Waals surface area contributed by atoms with E-state index in [1.54, 1.807) is 0 Å². The maximum absolute atomic E-state index is 11.7. The Kier molecular flexibility index (Phi) is 15.9. The number of amides is 2. The molecule has 0 aliphatic rings. The van der Waals surface area contributed by atoms with E-state index in [4.69, 9.17) is 5.73 Å². The minimum Gasteiger partial charge on any atom is -0.799 e. The smallest absolute Gasteiger partial charge is 0.799 e. The molecule has 0 saturated heterocycles. The molecule has 2 amide bonds. The number of hydrogen-bond donors (Lipinski definition) is 3. The van der Waals surface area contributed by atoms with E-state index in [1.807, 2.05) is 0 Å². The first-order chi connectivity index (χ1) is 9.44. The number of carboxylic acid groups (broad SMARTS) is 1. The van der Waals surface area contributed by atoms with E-state index in [0.29, 0.717) is 0 Å². The molecule has 12 heteroatoms. The zero-order valence-electron chi connectivity index (χ0n) is 14.1. The van der Waals surface area contributed by atoms with Gasteiger partial charge < -0.3 is 35.7 Å². The fourth-order valence-electron chi connectivity index (χ4n) is 1.29. The van der Waals surface area contributed by atoms with Crippen LogP contribution in [-0.4, -0.2) is 48.7 Å². The molecule has 0 spiro atoms. The van der Waals surface area contributed by atoms with Gasteiger partial charge in [-0.2, -0.15) is 0 Å². The normalized spacial score (nSPS) is 16.4. The van der Waals surface area contributed by atoms with Crippen molar-refractivity contribution in [2.24, 2.45) is 5.73 Å². The van der Waals surface area contributed by atoms with Crippen molar-refractivity contribution < 1.29 is 88.1 Å². The second-order valence-corrected chi connectivity index (χ2v) is 7.39. The predicted octanol–water partition coefficient (Wildman–Crippen LogP) is -9.26. The van der Waals surface area contributed by atoms with E-state index in [-0.39, 0.29) is 71.7 Å². The molecule has 0 aliphatic heterocycles. The minimum absolute atomic E-state index is 0. The molecule has 0 radical (unpaired) electrons. The third-order valence-corrected chi connectivity index (χ3v) is 3.72. The fraction of sp³-hybridized carbons (Fsp3) is 0.727. The number of carbonyl (C=O) groups is 3. The summed E-state index contributed by atoms with van der Waals surface area (Å²) >= 11 is 0. The van der Waals surface area contributed by atoms with Crippen LogP contribution in [0, 0.1) is 0 Å². The molecule has 0 aromatic rings. The monoisotopic (exact) mass is 367 g/mol. The van der Waals surface area contributed by atoms with Gasteiger partial charge in [0, 0.05) is 7.37 Å². The van der Waals surface area contributed by atoms with Crippen LogP contribution in [-0.2, 0) is 18.9 Å². The maximum atomic E-state index is 11.7. The minimum atomic E-state index is -3.50. The molecule has 2 unspecified atom stereocenters. The Hall–Kier alpha value is 0.560. The van der Waals surface area contributed by atoms with Crippen LogP contribution in [0.4, 0.5) is 0 Å². The van der Waals surface area contributed by atoms with Crippen LogP contribution in [0.1, 0.15) is 20.3 Å². The van der Waals surface area contributed by atoms with Crippen LogP contribution in [0.2, 0.25) is 0 Å². The Morgan fingerprint density at radius 2 is 1.52 bits per heavy atom. The van der Waals surface area contributed by atoms with Gasteiger partial charge in [-0.15, -0.1) is 0 Å². The SMILES string of the molecule is C[C@H](NC(=O)[C@H](C)NC(=O)C(N)CCP(C)(=O)[O-])C(=O)[O-].[Na+].[Na+]. The summed E-state index contributed by atoms with van der Waals surface area (Å²) in [5.74, 6) is -2.85. The van der Waals surface area contributed by atoms with Gasteiger partial charge in [-0.05, 0) is 33.1 Å².